The number of nitrogens with one attached hydrogen (secondary N) is 1. The van der Waals surface area contributed by atoms with E-state index in [1.807, 2.05) is 0 Å². The molecule has 0 radical (unpaired) electrons. The van der Waals surface area contributed by atoms with Gasteiger partial charge >= 0.3 is 0 Å². The van der Waals surface area contributed by atoms with Gasteiger partial charge in [-0.3, -0.25) is 9.78 Å². The molecule has 7 heteroatoms. The number of carbonyl (C=O) groups excluding carboxylic acids is 1. The van der Waals surface area contributed by atoms with E-state index >= 15 is 0 Å². The monoisotopic (exact) mass is 327 g/mol. The van der Waals surface area contributed by atoms with Crippen LogP contribution in [-0.4, -0.2) is 21.0 Å². The number of hydrogen-bond donors (Lipinski definition) is 2. The van der Waals surface area contributed by atoms with Gasteiger partial charge < -0.3 is 10.4 Å². The quantitative estimate of drug-likeness (QED) is 0.889. The molecule has 0 bridgehead atoms. The molecule has 0 unspecified atom stereocenters. The number of aromatic nitrogens is 2. The third-order valence-electron chi connectivity index (χ3n) is 2.05. The van der Waals surface area contributed by atoms with E-state index in [9.17, 15) is 9.90 Å². The van der Waals surface area contributed by atoms with E-state index in [1.165, 1.54) is 24.5 Å². The number of anilines is 1. The van der Waals surface area contributed by atoms with E-state index in [0.717, 1.165) is 0 Å². The van der Waals surface area contributed by atoms with Crippen molar-refractivity contribution < 1.29 is 9.90 Å². The molecule has 1 aromatic heterocycles. The van der Waals surface area contributed by atoms with Crippen LogP contribution in [0.1, 0.15) is 10.4 Å². The molecule has 0 aliphatic carbocycles. The van der Waals surface area contributed by atoms with Gasteiger partial charge in [-0.05, 0) is 18.2 Å². The van der Waals surface area contributed by atoms with Crippen LogP contribution in [0, 0.1) is 0 Å². The molecule has 0 saturated carbocycles. The second-order valence-electron chi connectivity index (χ2n) is 3.34. The average Bonchev–Trinajstić information content (AvgIpc) is 2.32. The Balaban J connectivity index is 2.24. The number of phenols is 1. The molecule has 1 amide bonds. The molecule has 2 rings (SSSR count). The Morgan fingerprint density at radius 1 is 1.39 bits per heavy atom. The number of rotatable bonds is 2. The number of nitrogens with zero attached hydrogens (tertiary/aromatic N) is 2. The summed E-state index contributed by atoms with van der Waals surface area (Å²) in [7, 11) is 0. The van der Waals surface area contributed by atoms with Gasteiger partial charge in [-0.15, -0.1) is 0 Å². The first kappa shape index (κ1) is 12.8. The first-order valence-electron chi connectivity index (χ1n) is 4.83. The maximum Gasteiger partial charge on any atom is 0.260 e. The summed E-state index contributed by atoms with van der Waals surface area (Å²) in [6.07, 6.45) is 2.71. The molecule has 0 aliphatic heterocycles. The highest BCUT2D eigenvalue weighted by Crippen LogP contribution is 2.22. The fourth-order valence-corrected chi connectivity index (χ4v) is 1.78. The molecule has 2 aromatic rings. The number of benzene rings is 1. The minimum Gasteiger partial charge on any atom is -0.507 e. The van der Waals surface area contributed by atoms with Crippen molar-refractivity contribution in [1.29, 1.82) is 0 Å². The fraction of sp³-hybridized carbons (Fsp3) is 0. The first-order chi connectivity index (χ1) is 8.56. The van der Waals surface area contributed by atoms with E-state index < -0.39 is 5.91 Å². The number of phenolic OH excluding ortho intramolecular Hbond substituents is 1. The molecule has 2 N–H and O–H groups in total. The van der Waals surface area contributed by atoms with Crippen LogP contribution in [0.2, 0.25) is 5.15 Å². The van der Waals surface area contributed by atoms with E-state index in [1.54, 1.807) is 6.07 Å². The van der Waals surface area contributed by atoms with Crippen LogP contribution in [0.15, 0.2) is 35.1 Å². The van der Waals surface area contributed by atoms with E-state index in [4.69, 9.17) is 11.6 Å². The normalized spacial score (nSPS) is 10.1. The lowest BCUT2D eigenvalue weighted by Gasteiger charge is -2.06. The highest BCUT2D eigenvalue weighted by Gasteiger charge is 2.12. The number of carbonyl (C=O) groups is 1. The molecule has 18 heavy (non-hydrogen) atoms. The van der Waals surface area contributed by atoms with Crippen LogP contribution in [0.4, 0.5) is 5.82 Å². The molecular formula is C11H7BrClN3O2. The van der Waals surface area contributed by atoms with Crippen molar-refractivity contribution in [1.82, 2.24) is 9.97 Å². The lowest BCUT2D eigenvalue weighted by molar-refractivity contribution is 0.102. The predicted molar refractivity (Wildman–Crippen MR) is 70.8 cm³/mol. The molecule has 0 fully saturated rings. The van der Waals surface area contributed by atoms with Gasteiger partial charge in [-0.25, -0.2) is 4.98 Å². The molecule has 0 aliphatic rings. The summed E-state index contributed by atoms with van der Waals surface area (Å²) in [6, 6.07) is 4.55. The Hall–Kier alpha value is -1.66. The van der Waals surface area contributed by atoms with Crippen molar-refractivity contribution in [2.24, 2.45) is 0 Å². The molecule has 5 nitrogen and oxygen atoms in total. The first-order valence-corrected chi connectivity index (χ1v) is 6.01. The lowest BCUT2D eigenvalue weighted by Crippen LogP contribution is -2.13. The van der Waals surface area contributed by atoms with E-state index in [-0.39, 0.29) is 22.3 Å². The summed E-state index contributed by atoms with van der Waals surface area (Å²) in [5, 5.41) is 12.3. The van der Waals surface area contributed by atoms with E-state index in [2.05, 4.69) is 31.2 Å². The van der Waals surface area contributed by atoms with Gasteiger partial charge in [0, 0.05) is 4.47 Å². The summed E-state index contributed by atoms with van der Waals surface area (Å²) in [6.45, 7) is 0. The molecule has 0 spiro atoms. The molecule has 1 heterocycles. The zero-order chi connectivity index (χ0) is 13.1. The molecule has 0 saturated heterocycles. The van der Waals surface area contributed by atoms with Crippen LogP contribution in [0.3, 0.4) is 0 Å². The SMILES string of the molecule is O=C(Nc1cncc(Cl)n1)c1cc(Br)ccc1O. The second kappa shape index (κ2) is 5.32. The molecule has 0 atom stereocenters. The van der Waals surface area contributed by atoms with E-state index in [0.29, 0.717) is 4.47 Å². The fourth-order valence-electron chi connectivity index (χ4n) is 1.28. The molecule has 1 aromatic carbocycles. The highest BCUT2D eigenvalue weighted by molar-refractivity contribution is 9.10. The van der Waals surface area contributed by atoms with Gasteiger partial charge in [0.25, 0.3) is 5.91 Å². The van der Waals surface area contributed by atoms with Crippen molar-refractivity contribution in [3.8, 4) is 5.75 Å². The second-order valence-corrected chi connectivity index (χ2v) is 4.65. The van der Waals surface area contributed by atoms with Gasteiger partial charge in [0.2, 0.25) is 0 Å². The minimum absolute atomic E-state index is 0.120. The minimum atomic E-state index is -0.495. The van der Waals surface area contributed by atoms with Crippen molar-refractivity contribution in [2.45, 2.75) is 0 Å². The summed E-state index contributed by atoms with van der Waals surface area (Å²) in [5.74, 6) is -0.400. The highest BCUT2D eigenvalue weighted by atomic mass is 79.9. The summed E-state index contributed by atoms with van der Waals surface area (Å²) >= 11 is 8.87. The Bertz CT molecular complexity index is 607. The smallest absolute Gasteiger partial charge is 0.260 e. The third-order valence-corrected chi connectivity index (χ3v) is 2.73. The number of aromatic hydroxyl groups is 1. The van der Waals surface area contributed by atoms with Crippen LogP contribution >= 0.6 is 27.5 Å². The predicted octanol–water partition coefficient (Wildman–Crippen LogP) is 2.85. The number of hydrogen-bond acceptors (Lipinski definition) is 4. The summed E-state index contributed by atoms with van der Waals surface area (Å²) in [4.78, 5) is 19.6. The lowest BCUT2D eigenvalue weighted by atomic mass is 10.2. The summed E-state index contributed by atoms with van der Waals surface area (Å²) in [5.41, 5.74) is 0.131. The molecule has 92 valence electrons. The van der Waals surface area contributed by atoms with Crippen molar-refractivity contribution in [2.75, 3.05) is 5.32 Å². The van der Waals surface area contributed by atoms with Crippen LogP contribution in [-0.2, 0) is 0 Å². The Kier molecular flexibility index (Phi) is 3.78. The Labute approximate surface area is 116 Å². The van der Waals surface area contributed by atoms with Crippen LogP contribution in [0.25, 0.3) is 0 Å². The zero-order valence-corrected chi connectivity index (χ0v) is 11.2. The van der Waals surface area contributed by atoms with Gasteiger partial charge in [-0.2, -0.15) is 0 Å². The van der Waals surface area contributed by atoms with Gasteiger partial charge in [-0.1, -0.05) is 27.5 Å². The number of halogens is 2. The summed E-state index contributed by atoms with van der Waals surface area (Å²) < 4.78 is 0.683. The topological polar surface area (TPSA) is 75.1 Å². The van der Waals surface area contributed by atoms with Crippen molar-refractivity contribution in [3.63, 3.8) is 0 Å². The average molecular weight is 329 g/mol. The van der Waals surface area contributed by atoms with Gasteiger partial charge in [0.05, 0.1) is 18.0 Å². The Morgan fingerprint density at radius 3 is 2.89 bits per heavy atom. The van der Waals surface area contributed by atoms with Gasteiger partial charge in [0.1, 0.15) is 10.9 Å². The number of amides is 1. The van der Waals surface area contributed by atoms with Crippen molar-refractivity contribution >= 4 is 39.3 Å². The van der Waals surface area contributed by atoms with Crippen LogP contribution < -0.4 is 5.32 Å². The third kappa shape index (κ3) is 2.96. The Morgan fingerprint density at radius 2 is 2.17 bits per heavy atom. The van der Waals surface area contributed by atoms with Crippen LogP contribution in [0.5, 0.6) is 5.75 Å². The maximum atomic E-state index is 11.9. The molecular weight excluding hydrogens is 321 g/mol. The zero-order valence-electron chi connectivity index (χ0n) is 8.89. The van der Waals surface area contributed by atoms with Crippen molar-refractivity contribution in [3.05, 3.63) is 45.8 Å². The largest absolute Gasteiger partial charge is 0.507 e. The van der Waals surface area contributed by atoms with Gasteiger partial charge in [0.15, 0.2) is 5.82 Å². The maximum absolute atomic E-state index is 11.9. The standard InChI is InChI=1S/C11H7BrClN3O2/c12-6-1-2-8(17)7(3-6)11(18)16-10-5-14-4-9(13)15-10/h1-5,17H,(H,15,16,18).